The first-order valence-corrected chi connectivity index (χ1v) is 3.75. The summed E-state index contributed by atoms with van der Waals surface area (Å²) in [7, 11) is 0. The Morgan fingerprint density at radius 3 is 2.20 bits per heavy atom. The maximum absolute atomic E-state index is 3.83. The highest BCUT2D eigenvalue weighted by Crippen LogP contribution is 2.19. The molecule has 0 aliphatic heterocycles. The van der Waals surface area contributed by atoms with E-state index in [-0.39, 0.29) is 0 Å². The van der Waals surface area contributed by atoms with Crippen molar-refractivity contribution in [2.75, 3.05) is 0 Å². The van der Waals surface area contributed by atoms with Crippen LogP contribution in [0.25, 0.3) is 0 Å². The van der Waals surface area contributed by atoms with Crippen LogP contribution in [0.1, 0.15) is 13.8 Å². The van der Waals surface area contributed by atoms with Crippen molar-refractivity contribution in [2.45, 2.75) is 13.8 Å². The summed E-state index contributed by atoms with van der Waals surface area (Å²) in [6.07, 6.45) is 8.61. The molecule has 1 aliphatic carbocycles. The summed E-state index contributed by atoms with van der Waals surface area (Å²) in [6, 6.07) is 0. The highest BCUT2D eigenvalue weighted by atomic mass is 14.1. The maximum atomic E-state index is 3.83. The van der Waals surface area contributed by atoms with Gasteiger partial charge in [0, 0.05) is 0 Å². The largest absolute Gasteiger partial charge is 0.0918 e. The highest BCUT2D eigenvalue weighted by Gasteiger charge is 2.07. The van der Waals surface area contributed by atoms with Crippen LogP contribution >= 0.6 is 0 Å². The van der Waals surface area contributed by atoms with Crippen molar-refractivity contribution in [3.8, 4) is 0 Å². The minimum Gasteiger partial charge on any atom is -0.0918 e. The highest BCUT2D eigenvalue weighted by molar-refractivity contribution is 5.33. The van der Waals surface area contributed by atoms with Gasteiger partial charge in [0.2, 0.25) is 0 Å². The molecule has 0 heteroatoms. The molecule has 0 saturated carbocycles. The van der Waals surface area contributed by atoms with E-state index >= 15 is 0 Å². The van der Waals surface area contributed by atoms with Gasteiger partial charge in [0.1, 0.15) is 0 Å². The molecule has 0 atom stereocenters. The summed E-state index contributed by atoms with van der Waals surface area (Å²) >= 11 is 0. The lowest BCUT2D eigenvalue weighted by molar-refractivity contribution is 0.548. The van der Waals surface area contributed by atoms with E-state index in [0.29, 0.717) is 11.8 Å². The summed E-state index contributed by atoms with van der Waals surface area (Å²) in [5.41, 5.74) is 1.11. The normalized spacial score (nSPS) is 18.9. The molecule has 0 N–H and O–H groups in total. The number of hydrogen-bond donors (Lipinski definition) is 0. The lowest BCUT2D eigenvalue weighted by Gasteiger charge is -2.14. The molecule has 0 nitrogen and oxygen atoms in total. The van der Waals surface area contributed by atoms with Crippen LogP contribution < -0.4 is 0 Å². The molecule has 1 rings (SSSR count). The van der Waals surface area contributed by atoms with E-state index in [9.17, 15) is 0 Å². The first kappa shape index (κ1) is 7.33. The second-order valence-corrected chi connectivity index (χ2v) is 3.11. The molecule has 0 saturated heterocycles. The van der Waals surface area contributed by atoms with Crippen LogP contribution in [0.3, 0.4) is 0 Å². The van der Waals surface area contributed by atoms with Crippen molar-refractivity contribution in [1.29, 1.82) is 0 Å². The molecule has 0 radical (unpaired) electrons. The Labute approximate surface area is 62.9 Å². The van der Waals surface area contributed by atoms with Crippen LogP contribution in [0.2, 0.25) is 0 Å². The monoisotopic (exact) mass is 134 g/mol. The first-order valence-electron chi connectivity index (χ1n) is 3.75. The standard InChI is InChI=1S/C10H14/c1-8(2)10-6-4-9(3)5-7-10/h4-8,10H,3H2,1-2H3. The van der Waals surface area contributed by atoms with Gasteiger partial charge >= 0.3 is 0 Å². The summed E-state index contributed by atoms with van der Waals surface area (Å²) < 4.78 is 0. The van der Waals surface area contributed by atoms with Gasteiger partial charge in [-0.3, -0.25) is 0 Å². The third-order valence-corrected chi connectivity index (χ3v) is 1.83. The Hall–Kier alpha value is -0.780. The number of rotatable bonds is 1. The van der Waals surface area contributed by atoms with Gasteiger partial charge in [0.05, 0.1) is 0 Å². The van der Waals surface area contributed by atoms with Crippen LogP contribution in [-0.2, 0) is 0 Å². The molecule has 0 fully saturated rings. The lowest BCUT2D eigenvalue weighted by atomic mass is 9.91. The summed E-state index contributed by atoms with van der Waals surface area (Å²) in [6.45, 7) is 8.29. The second kappa shape index (κ2) is 2.87. The molecular formula is C10H14. The smallest absolute Gasteiger partial charge is 0.00238 e. The molecule has 0 aromatic heterocycles. The third-order valence-electron chi connectivity index (χ3n) is 1.83. The lowest BCUT2D eigenvalue weighted by Crippen LogP contribution is -2.03. The Balaban J connectivity index is 2.62. The first-order chi connectivity index (χ1) is 4.70. The van der Waals surface area contributed by atoms with Crippen LogP contribution in [0, 0.1) is 11.8 Å². The van der Waals surface area contributed by atoms with Crippen LogP contribution in [-0.4, -0.2) is 0 Å². The molecule has 0 amide bonds. The van der Waals surface area contributed by atoms with Gasteiger partial charge in [-0.15, -0.1) is 0 Å². The average molecular weight is 134 g/mol. The number of allylic oxidation sites excluding steroid dienone is 5. The average Bonchev–Trinajstić information content (AvgIpc) is 1.88. The van der Waals surface area contributed by atoms with Crippen molar-refractivity contribution in [2.24, 2.45) is 11.8 Å². The SMILES string of the molecule is C=C1C=CC(C(C)C)C=C1. The topological polar surface area (TPSA) is 0 Å². The molecule has 0 unspecified atom stereocenters. The zero-order valence-corrected chi connectivity index (χ0v) is 6.67. The van der Waals surface area contributed by atoms with Crippen molar-refractivity contribution < 1.29 is 0 Å². The van der Waals surface area contributed by atoms with Gasteiger partial charge < -0.3 is 0 Å². The van der Waals surface area contributed by atoms with E-state index in [4.69, 9.17) is 0 Å². The van der Waals surface area contributed by atoms with Crippen molar-refractivity contribution in [3.63, 3.8) is 0 Å². The Morgan fingerprint density at radius 1 is 1.30 bits per heavy atom. The van der Waals surface area contributed by atoms with E-state index in [1.165, 1.54) is 0 Å². The fourth-order valence-electron chi connectivity index (χ4n) is 1.03. The van der Waals surface area contributed by atoms with E-state index in [0.717, 1.165) is 5.57 Å². The van der Waals surface area contributed by atoms with E-state index in [1.807, 2.05) is 0 Å². The van der Waals surface area contributed by atoms with Crippen LogP contribution in [0.4, 0.5) is 0 Å². The number of hydrogen-bond acceptors (Lipinski definition) is 0. The third kappa shape index (κ3) is 1.60. The van der Waals surface area contributed by atoms with E-state index in [1.54, 1.807) is 0 Å². The van der Waals surface area contributed by atoms with E-state index in [2.05, 4.69) is 44.7 Å². The van der Waals surface area contributed by atoms with E-state index < -0.39 is 0 Å². The Bertz CT molecular complexity index is 166. The van der Waals surface area contributed by atoms with Crippen molar-refractivity contribution in [1.82, 2.24) is 0 Å². The molecule has 10 heavy (non-hydrogen) atoms. The van der Waals surface area contributed by atoms with Gasteiger partial charge in [-0.1, -0.05) is 44.7 Å². The molecule has 54 valence electrons. The van der Waals surface area contributed by atoms with Crippen LogP contribution in [0.15, 0.2) is 36.5 Å². The zero-order valence-electron chi connectivity index (χ0n) is 6.67. The molecular weight excluding hydrogens is 120 g/mol. The van der Waals surface area contributed by atoms with Gasteiger partial charge in [0.25, 0.3) is 0 Å². The van der Waals surface area contributed by atoms with Gasteiger partial charge in [0.15, 0.2) is 0 Å². The fourth-order valence-corrected chi connectivity index (χ4v) is 1.03. The van der Waals surface area contributed by atoms with Gasteiger partial charge in [-0.05, 0) is 17.4 Å². The Morgan fingerprint density at radius 2 is 1.80 bits per heavy atom. The predicted molar refractivity (Wildman–Crippen MR) is 45.7 cm³/mol. The quantitative estimate of drug-likeness (QED) is 0.517. The van der Waals surface area contributed by atoms with Crippen molar-refractivity contribution >= 4 is 0 Å². The zero-order chi connectivity index (χ0) is 7.56. The summed E-state index contributed by atoms with van der Waals surface area (Å²) in [5, 5.41) is 0. The molecule has 0 heterocycles. The molecule has 0 spiro atoms. The predicted octanol–water partition coefficient (Wildman–Crippen LogP) is 2.94. The Kier molecular flexibility index (Phi) is 2.10. The summed E-state index contributed by atoms with van der Waals surface area (Å²) in [5.74, 6) is 1.33. The van der Waals surface area contributed by atoms with Crippen molar-refractivity contribution in [3.05, 3.63) is 36.5 Å². The van der Waals surface area contributed by atoms with Gasteiger partial charge in [-0.25, -0.2) is 0 Å². The van der Waals surface area contributed by atoms with Gasteiger partial charge in [-0.2, -0.15) is 0 Å². The molecule has 0 aromatic carbocycles. The second-order valence-electron chi connectivity index (χ2n) is 3.11. The minimum atomic E-state index is 0.616. The molecule has 0 aromatic rings. The van der Waals surface area contributed by atoms with Crippen LogP contribution in [0.5, 0.6) is 0 Å². The fraction of sp³-hybridized carbons (Fsp3) is 0.400. The molecule has 1 aliphatic rings. The summed E-state index contributed by atoms with van der Waals surface area (Å²) in [4.78, 5) is 0. The molecule has 0 bridgehead atoms. The minimum absolute atomic E-state index is 0.616. The maximum Gasteiger partial charge on any atom is -0.00238 e.